The zero-order chi connectivity index (χ0) is 13.3. The molecule has 0 aliphatic heterocycles. The third-order valence-electron chi connectivity index (χ3n) is 2.42. The van der Waals surface area contributed by atoms with Gasteiger partial charge in [0.15, 0.2) is 0 Å². The minimum Gasteiger partial charge on any atom is -0.508 e. The SMILES string of the molecule is O=C(O)c1ccc(-c2cc(O)cc(F)c2)cc1Cl. The number of phenols is 1. The van der Waals surface area contributed by atoms with Crippen molar-refractivity contribution in [1.29, 1.82) is 0 Å². The molecule has 0 saturated carbocycles. The summed E-state index contributed by atoms with van der Waals surface area (Å²) < 4.78 is 13.1. The van der Waals surface area contributed by atoms with E-state index in [2.05, 4.69) is 0 Å². The first-order valence-corrected chi connectivity index (χ1v) is 5.38. The van der Waals surface area contributed by atoms with E-state index < -0.39 is 11.8 Å². The van der Waals surface area contributed by atoms with E-state index in [1.807, 2.05) is 0 Å². The minimum atomic E-state index is -1.13. The first kappa shape index (κ1) is 12.4. The lowest BCUT2D eigenvalue weighted by Gasteiger charge is -2.05. The third kappa shape index (κ3) is 2.43. The summed E-state index contributed by atoms with van der Waals surface area (Å²) in [4.78, 5) is 10.8. The summed E-state index contributed by atoms with van der Waals surface area (Å²) >= 11 is 5.82. The van der Waals surface area contributed by atoms with Crippen molar-refractivity contribution in [3.63, 3.8) is 0 Å². The van der Waals surface area contributed by atoms with Crippen LogP contribution in [0.1, 0.15) is 10.4 Å². The predicted molar refractivity (Wildman–Crippen MR) is 65.5 cm³/mol. The van der Waals surface area contributed by atoms with Crippen LogP contribution in [0.5, 0.6) is 5.75 Å². The normalized spacial score (nSPS) is 10.3. The Bertz CT molecular complexity index is 605. The van der Waals surface area contributed by atoms with Gasteiger partial charge in [0.25, 0.3) is 0 Å². The average molecular weight is 267 g/mol. The van der Waals surface area contributed by atoms with Crippen molar-refractivity contribution < 1.29 is 19.4 Å². The van der Waals surface area contributed by atoms with Gasteiger partial charge in [-0.15, -0.1) is 0 Å². The Kier molecular flexibility index (Phi) is 3.21. The molecule has 2 aromatic carbocycles. The number of aromatic hydroxyl groups is 1. The van der Waals surface area contributed by atoms with Crippen molar-refractivity contribution in [1.82, 2.24) is 0 Å². The van der Waals surface area contributed by atoms with Crippen LogP contribution in [0.15, 0.2) is 36.4 Å². The van der Waals surface area contributed by atoms with Gasteiger partial charge in [0.1, 0.15) is 11.6 Å². The van der Waals surface area contributed by atoms with Crippen LogP contribution >= 0.6 is 11.6 Å². The topological polar surface area (TPSA) is 57.5 Å². The highest BCUT2D eigenvalue weighted by Gasteiger charge is 2.10. The average Bonchev–Trinajstić information content (AvgIpc) is 2.26. The highest BCUT2D eigenvalue weighted by Crippen LogP contribution is 2.28. The lowest BCUT2D eigenvalue weighted by molar-refractivity contribution is 0.0697. The van der Waals surface area contributed by atoms with Gasteiger partial charge in [-0.1, -0.05) is 17.7 Å². The van der Waals surface area contributed by atoms with Gasteiger partial charge in [-0.05, 0) is 35.4 Å². The molecule has 0 spiro atoms. The number of benzene rings is 2. The molecule has 0 fully saturated rings. The first-order chi connectivity index (χ1) is 8.47. The smallest absolute Gasteiger partial charge is 0.337 e. The number of phenolic OH excluding ortho intramolecular Hbond substituents is 1. The van der Waals surface area contributed by atoms with E-state index in [9.17, 15) is 14.3 Å². The third-order valence-corrected chi connectivity index (χ3v) is 2.73. The molecule has 0 atom stereocenters. The standard InChI is InChI=1S/C13H8ClFO3/c14-12-5-7(1-2-11(12)13(17)18)8-3-9(15)6-10(16)4-8/h1-6,16H,(H,17,18). The summed E-state index contributed by atoms with van der Waals surface area (Å²) in [6.45, 7) is 0. The maximum absolute atomic E-state index is 13.1. The Morgan fingerprint density at radius 2 is 1.83 bits per heavy atom. The van der Waals surface area contributed by atoms with Crippen LogP contribution in [-0.4, -0.2) is 16.2 Å². The Labute approximate surface area is 107 Å². The van der Waals surface area contributed by atoms with Crippen LogP contribution in [0.3, 0.4) is 0 Å². The van der Waals surface area contributed by atoms with Crippen LogP contribution < -0.4 is 0 Å². The van der Waals surface area contributed by atoms with Gasteiger partial charge >= 0.3 is 5.97 Å². The maximum Gasteiger partial charge on any atom is 0.337 e. The Hall–Kier alpha value is -2.07. The quantitative estimate of drug-likeness (QED) is 0.874. The summed E-state index contributed by atoms with van der Waals surface area (Å²) in [7, 11) is 0. The fourth-order valence-corrected chi connectivity index (χ4v) is 1.87. The fraction of sp³-hybridized carbons (Fsp3) is 0. The van der Waals surface area contributed by atoms with E-state index in [1.54, 1.807) is 0 Å². The lowest BCUT2D eigenvalue weighted by Crippen LogP contribution is -1.97. The molecule has 0 aromatic heterocycles. The summed E-state index contributed by atoms with van der Waals surface area (Å²) in [5.41, 5.74) is 0.923. The number of carboxylic acids is 1. The fourth-order valence-electron chi connectivity index (χ4n) is 1.61. The number of halogens is 2. The number of carbonyl (C=O) groups is 1. The summed E-state index contributed by atoms with van der Waals surface area (Å²) in [6, 6.07) is 7.84. The molecule has 5 heteroatoms. The zero-order valence-corrected chi connectivity index (χ0v) is 9.78. The van der Waals surface area contributed by atoms with Crippen molar-refractivity contribution in [2.75, 3.05) is 0 Å². The minimum absolute atomic E-state index is 0.0268. The second-order valence-corrected chi connectivity index (χ2v) is 4.11. The van der Waals surface area contributed by atoms with Crippen LogP contribution in [0.2, 0.25) is 5.02 Å². The molecule has 0 saturated heterocycles. The molecule has 0 amide bonds. The van der Waals surface area contributed by atoms with Gasteiger partial charge in [0, 0.05) is 6.07 Å². The maximum atomic E-state index is 13.1. The summed E-state index contributed by atoms with van der Waals surface area (Å²) in [6.07, 6.45) is 0. The number of hydrogen-bond acceptors (Lipinski definition) is 2. The molecule has 0 heterocycles. The van der Waals surface area contributed by atoms with Crippen molar-refractivity contribution >= 4 is 17.6 Å². The van der Waals surface area contributed by atoms with Crippen LogP contribution in [-0.2, 0) is 0 Å². The van der Waals surface area contributed by atoms with E-state index in [0.29, 0.717) is 11.1 Å². The van der Waals surface area contributed by atoms with E-state index in [4.69, 9.17) is 16.7 Å². The molecule has 0 unspecified atom stereocenters. The van der Waals surface area contributed by atoms with Gasteiger partial charge in [0.05, 0.1) is 10.6 Å². The molecule has 92 valence electrons. The van der Waals surface area contributed by atoms with E-state index in [-0.39, 0.29) is 16.3 Å². The highest BCUT2D eigenvalue weighted by atomic mass is 35.5. The van der Waals surface area contributed by atoms with Crippen LogP contribution in [0.4, 0.5) is 4.39 Å². The van der Waals surface area contributed by atoms with Crippen LogP contribution in [0.25, 0.3) is 11.1 Å². The molecule has 0 aliphatic rings. The van der Waals surface area contributed by atoms with Crippen molar-refractivity contribution in [2.45, 2.75) is 0 Å². The molecule has 3 nitrogen and oxygen atoms in total. The molecule has 2 aromatic rings. The van der Waals surface area contributed by atoms with Gasteiger partial charge in [-0.25, -0.2) is 9.18 Å². The van der Waals surface area contributed by atoms with Crippen LogP contribution in [0, 0.1) is 5.82 Å². The van der Waals surface area contributed by atoms with Crippen molar-refractivity contribution in [2.24, 2.45) is 0 Å². The summed E-state index contributed by atoms with van der Waals surface area (Å²) in [5, 5.41) is 18.2. The Balaban J connectivity index is 2.52. The first-order valence-electron chi connectivity index (χ1n) is 5.00. The van der Waals surface area contributed by atoms with Gasteiger partial charge in [-0.2, -0.15) is 0 Å². The second kappa shape index (κ2) is 4.66. The Morgan fingerprint density at radius 1 is 1.11 bits per heavy atom. The molecule has 0 radical (unpaired) electrons. The largest absolute Gasteiger partial charge is 0.508 e. The number of carboxylic acid groups (broad SMARTS) is 1. The lowest BCUT2D eigenvalue weighted by atomic mass is 10.0. The molecule has 0 bridgehead atoms. The second-order valence-electron chi connectivity index (χ2n) is 3.70. The molecule has 2 N–H and O–H groups in total. The monoisotopic (exact) mass is 266 g/mol. The van der Waals surface area contributed by atoms with E-state index >= 15 is 0 Å². The number of rotatable bonds is 2. The number of aromatic carboxylic acids is 1. The van der Waals surface area contributed by atoms with E-state index in [0.717, 1.165) is 6.07 Å². The van der Waals surface area contributed by atoms with Crippen molar-refractivity contribution in [3.05, 3.63) is 52.8 Å². The van der Waals surface area contributed by atoms with E-state index in [1.165, 1.54) is 30.3 Å². The number of hydrogen-bond donors (Lipinski definition) is 2. The summed E-state index contributed by atoms with van der Waals surface area (Å²) in [5.74, 6) is -1.92. The zero-order valence-electron chi connectivity index (χ0n) is 9.02. The predicted octanol–water partition coefficient (Wildman–Crippen LogP) is 3.55. The molecule has 0 aliphatic carbocycles. The van der Waals surface area contributed by atoms with Gasteiger partial charge in [-0.3, -0.25) is 0 Å². The highest BCUT2D eigenvalue weighted by molar-refractivity contribution is 6.33. The molecular formula is C13H8ClFO3. The molecule has 2 rings (SSSR count). The van der Waals surface area contributed by atoms with Crippen molar-refractivity contribution in [3.8, 4) is 16.9 Å². The Morgan fingerprint density at radius 3 is 2.39 bits per heavy atom. The molecule has 18 heavy (non-hydrogen) atoms. The van der Waals surface area contributed by atoms with Gasteiger partial charge in [0.2, 0.25) is 0 Å². The molecular weight excluding hydrogens is 259 g/mol. The van der Waals surface area contributed by atoms with Gasteiger partial charge < -0.3 is 10.2 Å².